The summed E-state index contributed by atoms with van der Waals surface area (Å²) in [5, 5.41) is 1.72. The van der Waals surface area contributed by atoms with Gasteiger partial charge in [0.2, 0.25) is 5.91 Å². The van der Waals surface area contributed by atoms with Crippen LogP contribution in [0.4, 0.5) is 42.1 Å². The van der Waals surface area contributed by atoms with E-state index in [1.165, 1.54) is 22.3 Å². The maximum absolute atomic E-state index is 14.4. The molecule has 0 fully saturated rings. The predicted molar refractivity (Wildman–Crippen MR) is 135 cm³/mol. The minimum Gasteiger partial charge on any atom is -0.465 e. The number of rotatable bonds is 5. The van der Waals surface area contributed by atoms with E-state index in [2.05, 4.69) is 0 Å². The van der Waals surface area contributed by atoms with Crippen LogP contribution in [0.5, 0.6) is 0 Å². The first-order valence-corrected chi connectivity index (χ1v) is 13.8. The molecule has 4 rings (SSSR count). The Kier molecular flexibility index (Phi) is 7.84. The number of fused-ring (bicyclic) bond motifs is 1. The molecule has 5 nitrogen and oxygen atoms in total. The first-order chi connectivity index (χ1) is 17.9. The fourth-order valence-electron chi connectivity index (χ4n) is 4.10. The first-order valence-electron chi connectivity index (χ1n) is 10.5. The van der Waals surface area contributed by atoms with Gasteiger partial charge in [-0.3, -0.25) is 4.79 Å². The molecule has 1 amide bonds. The summed E-state index contributed by atoms with van der Waals surface area (Å²) in [6, 6.07) is 11.4. The highest BCUT2D eigenvalue weighted by Crippen LogP contribution is 2.45. The highest BCUT2D eigenvalue weighted by molar-refractivity contribution is 14.2. The summed E-state index contributed by atoms with van der Waals surface area (Å²) in [6.07, 6.45) is -5.71. The minimum absolute atomic E-state index is 0.0360. The lowest BCUT2D eigenvalue weighted by Gasteiger charge is -2.17. The van der Waals surface area contributed by atoms with E-state index in [0.29, 0.717) is 22.4 Å². The molecule has 1 unspecified atom stereocenters. The van der Waals surface area contributed by atoms with Crippen LogP contribution in [-0.4, -0.2) is 25.5 Å². The molecule has 0 spiro atoms. The highest BCUT2D eigenvalue weighted by atomic mass is 127. The van der Waals surface area contributed by atoms with Crippen molar-refractivity contribution in [2.75, 3.05) is 23.3 Å². The number of anilines is 2. The second kappa shape index (κ2) is 10.6. The predicted octanol–water partition coefficient (Wildman–Crippen LogP) is 7.26. The molecule has 0 saturated carbocycles. The first kappa shape index (κ1) is 28.0. The molecule has 3 aromatic carbocycles. The summed E-state index contributed by atoms with van der Waals surface area (Å²) in [5.74, 6) is -13.0. The molecule has 0 saturated heterocycles. The molecular weight excluding hydrogens is 656 g/mol. The standard InChI is InChI=1S/C24H14F7IN2O3S/c1-37-23(36)12-5-3-2-4-11(12)10-6-7-15-13(8-10)14(9-34(15)38-32)22(35)33-21-19(27)17(25)16(24(29,30)31)18(26)20(21)28/h2-8,14H,9H2,1H3,(H,33,35). The molecule has 0 aliphatic carbocycles. The number of carbonyl (C=O) groups excluding carboxylic acids is 2. The number of alkyl halides is 3. The molecule has 14 heteroatoms. The molecule has 1 atom stereocenters. The fraction of sp³-hybridized carbons (Fsp3) is 0.167. The third-order valence-electron chi connectivity index (χ3n) is 5.86. The summed E-state index contributed by atoms with van der Waals surface area (Å²) >= 11 is 1.94. The van der Waals surface area contributed by atoms with Crippen LogP contribution in [-0.2, 0) is 15.7 Å². The van der Waals surface area contributed by atoms with Gasteiger partial charge in [0, 0.05) is 36.9 Å². The van der Waals surface area contributed by atoms with Gasteiger partial charge >= 0.3 is 12.1 Å². The Labute approximate surface area is 227 Å². The number of hydrogen-bond acceptors (Lipinski definition) is 5. The normalized spacial score (nSPS) is 14.9. The molecule has 38 heavy (non-hydrogen) atoms. The number of amides is 1. The monoisotopic (exact) mass is 670 g/mol. The van der Waals surface area contributed by atoms with E-state index < -0.39 is 58.5 Å². The Bertz CT molecular complexity index is 1420. The number of halogens is 8. The van der Waals surface area contributed by atoms with Crippen LogP contribution >= 0.6 is 30.3 Å². The van der Waals surface area contributed by atoms with Crippen LogP contribution in [0.3, 0.4) is 0 Å². The van der Waals surface area contributed by atoms with Crippen molar-refractivity contribution in [3.05, 3.63) is 82.4 Å². The molecule has 0 aromatic heterocycles. The van der Waals surface area contributed by atoms with E-state index >= 15 is 0 Å². The molecule has 3 aromatic rings. The lowest BCUT2D eigenvalue weighted by atomic mass is 9.93. The molecule has 200 valence electrons. The lowest BCUT2D eigenvalue weighted by molar-refractivity contribution is -0.143. The van der Waals surface area contributed by atoms with Crippen molar-refractivity contribution in [2.24, 2.45) is 0 Å². The zero-order valence-corrected chi connectivity index (χ0v) is 21.9. The Morgan fingerprint density at radius 2 is 1.66 bits per heavy atom. The van der Waals surface area contributed by atoms with Gasteiger partial charge in [0.15, 0.2) is 23.3 Å². The molecule has 1 N–H and O–H groups in total. The topological polar surface area (TPSA) is 58.6 Å². The van der Waals surface area contributed by atoms with E-state index in [1.54, 1.807) is 46.0 Å². The van der Waals surface area contributed by atoms with Crippen molar-refractivity contribution in [3.63, 3.8) is 0 Å². The van der Waals surface area contributed by atoms with Gasteiger partial charge in [-0.1, -0.05) is 24.3 Å². The van der Waals surface area contributed by atoms with Crippen LogP contribution < -0.4 is 9.62 Å². The quantitative estimate of drug-likeness (QED) is 0.102. The number of esters is 1. The summed E-state index contributed by atoms with van der Waals surface area (Å²) < 4.78 is 102. The second-order valence-corrected chi connectivity index (χ2v) is 9.75. The minimum atomic E-state index is -5.71. The summed E-state index contributed by atoms with van der Waals surface area (Å²) in [7, 11) is 2.40. The number of benzene rings is 3. The number of ether oxygens (including phenoxy) is 1. The van der Waals surface area contributed by atoms with Crippen molar-refractivity contribution in [1.82, 2.24) is 0 Å². The molecule has 0 bridgehead atoms. The number of nitrogens with zero attached hydrogens (tertiary/aromatic N) is 1. The van der Waals surface area contributed by atoms with Crippen LogP contribution in [0, 0.1) is 23.3 Å². The summed E-state index contributed by atoms with van der Waals surface area (Å²) in [5.41, 5.74) is -2.34. The van der Waals surface area contributed by atoms with Gasteiger partial charge in [0.1, 0.15) is 11.3 Å². The van der Waals surface area contributed by atoms with Crippen molar-refractivity contribution in [2.45, 2.75) is 12.1 Å². The van der Waals surface area contributed by atoms with Gasteiger partial charge in [-0.15, -0.1) is 0 Å². The van der Waals surface area contributed by atoms with Crippen LogP contribution in [0.2, 0.25) is 0 Å². The average molecular weight is 670 g/mol. The highest BCUT2D eigenvalue weighted by Gasteiger charge is 2.43. The maximum Gasteiger partial charge on any atom is 0.422 e. The van der Waals surface area contributed by atoms with E-state index in [-0.39, 0.29) is 12.1 Å². The van der Waals surface area contributed by atoms with Crippen molar-refractivity contribution in [1.29, 1.82) is 0 Å². The summed E-state index contributed by atoms with van der Waals surface area (Å²) in [4.78, 5) is 25.3. The van der Waals surface area contributed by atoms with E-state index in [4.69, 9.17) is 4.74 Å². The Morgan fingerprint density at radius 3 is 2.24 bits per heavy atom. The Balaban J connectivity index is 1.75. The van der Waals surface area contributed by atoms with Gasteiger partial charge in [-0.2, -0.15) is 13.2 Å². The van der Waals surface area contributed by atoms with Crippen molar-refractivity contribution < 1.29 is 45.1 Å². The SMILES string of the molecule is COC(=O)c1ccccc1-c1ccc2c(c1)C(C(=O)Nc1c(F)c(F)c(C(F)(F)F)c(F)c1F)CN2SI. The number of hydrogen-bond donors (Lipinski definition) is 1. The number of carbonyl (C=O) groups is 2. The summed E-state index contributed by atoms with van der Waals surface area (Å²) in [6.45, 7) is -0.0360. The zero-order chi connectivity index (χ0) is 27.9. The fourth-order valence-corrected chi connectivity index (χ4v) is 5.67. The van der Waals surface area contributed by atoms with E-state index in [1.807, 2.05) is 21.2 Å². The van der Waals surface area contributed by atoms with Crippen LogP contribution in [0.15, 0.2) is 42.5 Å². The number of nitrogens with one attached hydrogen (secondary N) is 1. The Hall–Kier alpha value is -3.01. The largest absolute Gasteiger partial charge is 0.465 e. The van der Waals surface area contributed by atoms with E-state index in [9.17, 15) is 40.3 Å². The van der Waals surface area contributed by atoms with Gasteiger partial charge in [-0.05, 0) is 34.9 Å². The molecule has 1 heterocycles. The average Bonchev–Trinajstić information content (AvgIpc) is 3.27. The van der Waals surface area contributed by atoms with Crippen molar-refractivity contribution in [3.8, 4) is 11.1 Å². The molecule has 1 aliphatic rings. The molecular formula is C24H14F7IN2O3S. The van der Waals surface area contributed by atoms with Crippen molar-refractivity contribution >= 4 is 53.6 Å². The number of methoxy groups -OCH3 is 1. The molecule has 0 radical (unpaired) electrons. The second-order valence-electron chi connectivity index (χ2n) is 7.99. The smallest absolute Gasteiger partial charge is 0.422 e. The van der Waals surface area contributed by atoms with Gasteiger partial charge in [0.25, 0.3) is 0 Å². The third-order valence-corrected chi connectivity index (χ3v) is 7.80. The van der Waals surface area contributed by atoms with Gasteiger partial charge in [0.05, 0.1) is 24.3 Å². The Morgan fingerprint density at radius 1 is 1.03 bits per heavy atom. The van der Waals surface area contributed by atoms with E-state index in [0.717, 1.165) is 0 Å². The molecule has 1 aliphatic heterocycles. The zero-order valence-electron chi connectivity index (χ0n) is 18.9. The van der Waals surface area contributed by atoms with Gasteiger partial charge < -0.3 is 14.4 Å². The third kappa shape index (κ3) is 4.90. The van der Waals surface area contributed by atoms with Crippen LogP contribution in [0.1, 0.15) is 27.4 Å². The van der Waals surface area contributed by atoms with Crippen LogP contribution in [0.25, 0.3) is 11.1 Å². The maximum atomic E-state index is 14.4. The van der Waals surface area contributed by atoms with Gasteiger partial charge in [-0.25, -0.2) is 22.4 Å². The lowest BCUT2D eigenvalue weighted by Crippen LogP contribution is -2.26.